The Hall–Kier alpha value is -3.41. The van der Waals surface area contributed by atoms with Crippen LogP contribution in [0.15, 0.2) is 60.9 Å². The molecule has 0 unspecified atom stereocenters. The Bertz CT molecular complexity index is 2010. The van der Waals surface area contributed by atoms with Crippen molar-refractivity contribution >= 4 is 96.7 Å². The third-order valence-corrected chi connectivity index (χ3v) is 8.73. The first kappa shape index (κ1) is 16.3. The van der Waals surface area contributed by atoms with Crippen LogP contribution in [0.25, 0.3) is 74.0 Å². The highest BCUT2D eigenvalue weighted by Gasteiger charge is 2.21. The molecule has 0 spiro atoms. The molecule has 5 aromatic heterocycles. The second kappa shape index (κ2) is 5.44. The number of nitrogens with one attached hydrogen (secondary N) is 1. The topological polar surface area (TPSA) is 33.1 Å². The molecular formula is C26H15N3S2. The lowest BCUT2D eigenvalue weighted by atomic mass is 9.98. The van der Waals surface area contributed by atoms with Gasteiger partial charge in [-0.2, -0.15) is 0 Å². The summed E-state index contributed by atoms with van der Waals surface area (Å²) in [6, 6.07) is 15.8. The van der Waals surface area contributed by atoms with Gasteiger partial charge in [-0.25, -0.2) is 4.98 Å². The summed E-state index contributed by atoms with van der Waals surface area (Å²) in [5.74, 6) is 0. The van der Waals surface area contributed by atoms with Gasteiger partial charge in [-0.05, 0) is 43.3 Å². The lowest BCUT2D eigenvalue weighted by Crippen LogP contribution is -1.95. The summed E-state index contributed by atoms with van der Waals surface area (Å²) in [6.07, 6.45) is 8.26. The molecule has 0 bridgehead atoms. The number of aromatic nitrogens is 3. The van der Waals surface area contributed by atoms with Crippen LogP contribution in [0.5, 0.6) is 0 Å². The normalized spacial score (nSPS) is 13.2. The van der Waals surface area contributed by atoms with E-state index in [9.17, 15) is 0 Å². The maximum atomic E-state index is 4.73. The van der Waals surface area contributed by atoms with Gasteiger partial charge in [0, 0.05) is 69.2 Å². The van der Waals surface area contributed by atoms with Crippen molar-refractivity contribution in [3.8, 4) is 0 Å². The first-order valence-electron chi connectivity index (χ1n) is 10.4. The molecule has 0 aliphatic carbocycles. The molecule has 0 amide bonds. The fourth-order valence-electron chi connectivity index (χ4n) is 5.34. The van der Waals surface area contributed by atoms with Gasteiger partial charge >= 0.3 is 0 Å². The molecule has 8 rings (SSSR count). The Morgan fingerprint density at radius 3 is 2.35 bits per heavy atom. The van der Waals surface area contributed by atoms with Gasteiger partial charge in [0.2, 0.25) is 0 Å². The summed E-state index contributed by atoms with van der Waals surface area (Å²) < 4.78 is 7.61. The second-order valence-electron chi connectivity index (χ2n) is 8.06. The maximum absolute atomic E-state index is 4.73. The highest BCUT2D eigenvalue weighted by Crippen LogP contribution is 2.49. The predicted octanol–water partition coefficient (Wildman–Crippen LogP) is 8.18. The molecular weight excluding hydrogens is 418 g/mol. The number of fused-ring (bicyclic) bond motifs is 2. The molecule has 0 saturated heterocycles. The molecule has 1 N–H and O–H groups in total. The molecule has 146 valence electrons. The molecule has 5 heteroatoms. The molecule has 8 aromatic rings. The Kier molecular flexibility index (Phi) is 2.86. The lowest BCUT2D eigenvalue weighted by Gasteiger charge is -2.12. The summed E-state index contributed by atoms with van der Waals surface area (Å²) in [4.78, 5) is 8.61. The minimum atomic E-state index is 0.982. The van der Waals surface area contributed by atoms with Gasteiger partial charge in [0.25, 0.3) is 0 Å². The highest BCUT2D eigenvalue weighted by molar-refractivity contribution is 7.28. The van der Waals surface area contributed by atoms with E-state index in [1.54, 1.807) is 0 Å². The van der Waals surface area contributed by atoms with Crippen LogP contribution in [0.4, 0.5) is 0 Å². The van der Waals surface area contributed by atoms with E-state index in [4.69, 9.17) is 4.98 Å². The van der Waals surface area contributed by atoms with E-state index >= 15 is 0 Å². The zero-order chi connectivity index (χ0) is 20.3. The molecule has 3 aromatic carbocycles. The Morgan fingerprint density at radius 2 is 1.55 bits per heavy atom. The number of pyridine rings is 1. The minimum Gasteiger partial charge on any atom is -0.354 e. The van der Waals surface area contributed by atoms with E-state index in [1.165, 1.54) is 56.8 Å². The van der Waals surface area contributed by atoms with Crippen molar-refractivity contribution < 1.29 is 0 Å². The Labute approximate surface area is 184 Å². The van der Waals surface area contributed by atoms with Crippen molar-refractivity contribution in [2.75, 3.05) is 0 Å². The van der Waals surface area contributed by atoms with Gasteiger partial charge in [0.15, 0.2) is 0 Å². The summed E-state index contributed by atoms with van der Waals surface area (Å²) in [5.41, 5.74) is 5.63. The van der Waals surface area contributed by atoms with Gasteiger partial charge in [-0.15, -0.1) is 22.7 Å². The van der Waals surface area contributed by atoms with Crippen molar-refractivity contribution in [2.45, 2.75) is 6.92 Å². The number of benzene rings is 3. The number of hydrogen-bond donors (Lipinski definition) is 1. The van der Waals surface area contributed by atoms with Crippen LogP contribution in [0, 0.1) is 0 Å². The monoisotopic (exact) mass is 433 g/mol. The zero-order valence-corrected chi connectivity index (χ0v) is 18.2. The lowest BCUT2D eigenvalue weighted by molar-refractivity contribution is 1.25. The van der Waals surface area contributed by atoms with Crippen molar-refractivity contribution in [2.24, 2.45) is 0 Å². The van der Waals surface area contributed by atoms with Crippen LogP contribution in [-0.2, 0) is 0 Å². The van der Waals surface area contributed by atoms with E-state index < -0.39 is 0 Å². The van der Waals surface area contributed by atoms with E-state index in [0.717, 1.165) is 16.7 Å². The fourth-order valence-corrected chi connectivity index (χ4v) is 7.60. The number of imidazole rings is 1. The van der Waals surface area contributed by atoms with E-state index in [2.05, 4.69) is 77.1 Å². The largest absolute Gasteiger partial charge is 0.354 e. The molecule has 31 heavy (non-hydrogen) atoms. The van der Waals surface area contributed by atoms with Crippen LogP contribution in [0.1, 0.15) is 12.5 Å². The fraction of sp³-hybridized carbons (Fsp3) is 0.0385. The maximum Gasteiger partial charge on any atom is 0.146 e. The highest BCUT2D eigenvalue weighted by atomic mass is 32.1. The van der Waals surface area contributed by atoms with E-state index in [-0.39, 0.29) is 0 Å². The smallest absolute Gasteiger partial charge is 0.146 e. The van der Waals surface area contributed by atoms with Crippen molar-refractivity contribution in [3.05, 3.63) is 66.5 Å². The van der Waals surface area contributed by atoms with E-state index in [0.29, 0.717) is 0 Å². The number of allylic oxidation sites excluding steroid dienone is 1. The van der Waals surface area contributed by atoms with Gasteiger partial charge < -0.3 is 4.98 Å². The molecule has 0 saturated carbocycles. The number of rotatable bonds is 1. The number of hydrogen-bond acceptors (Lipinski definition) is 3. The molecule has 0 atom stereocenters. The van der Waals surface area contributed by atoms with Crippen LogP contribution >= 0.6 is 22.7 Å². The standard InChI is InChI=1S/C26H15N3S2/c1-2-4-13-25-21-15(29-12-11-27-26(13)29)7-8-17-23(21)24-19(31-17)10-9-18-22(24)20-14(28-25)5-3-6-16(20)30-18/h2-12,28H,1H3/b4-2-. The quantitative estimate of drug-likeness (QED) is 0.278. The average molecular weight is 434 g/mol. The van der Waals surface area contributed by atoms with Crippen molar-refractivity contribution in [3.63, 3.8) is 0 Å². The van der Waals surface area contributed by atoms with Gasteiger partial charge in [-0.3, -0.25) is 4.40 Å². The van der Waals surface area contributed by atoms with Crippen LogP contribution in [0.2, 0.25) is 0 Å². The molecule has 0 aliphatic rings. The number of aromatic amines is 1. The first-order chi connectivity index (χ1) is 15.3. The molecule has 5 heterocycles. The third-order valence-electron chi connectivity index (χ3n) is 6.49. The van der Waals surface area contributed by atoms with Crippen molar-refractivity contribution in [1.82, 2.24) is 14.4 Å². The summed E-state index contributed by atoms with van der Waals surface area (Å²) in [7, 11) is 0. The second-order valence-corrected chi connectivity index (χ2v) is 10.2. The minimum absolute atomic E-state index is 0.982. The number of H-pyrrole nitrogens is 1. The molecule has 0 radical (unpaired) electrons. The van der Waals surface area contributed by atoms with E-state index in [1.807, 2.05) is 28.9 Å². The van der Waals surface area contributed by atoms with Crippen molar-refractivity contribution in [1.29, 1.82) is 0 Å². The molecule has 0 aliphatic heterocycles. The Balaban J connectivity index is 1.89. The average Bonchev–Trinajstić information content (AvgIpc) is 3.48. The zero-order valence-electron chi connectivity index (χ0n) is 16.6. The predicted molar refractivity (Wildman–Crippen MR) is 136 cm³/mol. The first-order valence-corrected chi connectivity index (χ1v) is 12.0. The summed E-state index contributed by atoms with van der Waals surface area (Å²) in [5, 5.41) is 6.77. The van der Waals surface area contributed by atoms with Crippen LogP contribution in [0.3, 0.4) is 0 Å². The number of nitrogens with zero attached hydrogens (tertiary/aromatic N) is 2. The van der Waals surface area contributed by atoms with Crippen LogP contribution < -0.4 is 0 Å². The molecule has 0 fully saturated rings. The molecule has 3 nitrogen and oxygen atoms in total. The third kappa shape index (κ3) is 1.84. The van der Waals surface area contributed by atoms with Gasteiger partial charge in [-0.1, -0.05) is 18.2 Å². The van der Waals surface area contributed by atoms with Gasteiger partial charge in [0.05, 0.1) is 11.0 Å². The van der Waals surface area contributed by atoms with Crippen LogP contribution in [-0.4, -0.2) is 14.4 Å². The summed E-state index contributed by atoms with van der Waals surface area (Å²) in [6.45, 7) is 2.07. The van der Waals surface area contributed by atoms with Gasteiger partial charge in [0.1, 0.15) is 5.65 Å². The number of thiophene rings is 2. The summed E-state index contributed by atoms with van der Waals surface area (Å²) >= 11 is 3.78. The Morgan fingerprint density at radius 1 is 0.839 bits per heavy atom. The SMILES string of the molecule is C/C=C\c1c2[nH]c3cccc4sc5ccc6sc7ccc(c2c7c6c5c34)n2ccnc12.